The number of rotatable bonds is 1. The molecule has 0 radical (unpaired) electrons. The van der Waals surface area contributed by atoms with Crippen LogP contribution >= 0.6 is 0 Å². The Balaban J connectivity index is 1.95. The van der Waals surface area contributed by atoms with Crippen molar-refractivity contribution in [3.63, 3.8) is 0 Å². The van der Waals surface area contributed by atoms with Crippen LogP contribution in [0, 0.1) is 0 Å². The number of carbonyl (C=O) groups is 1. The van der Waals surface area contributed by atoms with Crippen LogP contribution in [0.2, 0.25) is 0 Å². The summed E-state index contributed by atoms with van der Waals surface area (Å²) in [7, 11) is 1.53. The minimum absolute atomic E-state index is 0.230. The third-order valence-electron chi connectivity index (χ3n) is 4.97. The lowest BCUT2D eigenvalue weighted by Gasteiger charge is -2.25. The Labute approximate surface area is 136 Å². The van der Waals surface area contributed by atoms with E-state index in [0.717, 1.165) is 23.3 Å². The normalized spacial score (nSPS) is 21.6. The van der Waals surface area contributed by atoms with Gasteiger partial charge in [0.2, 0.25) is 5.91 Å². The van der Waals surface area contributed by atoms with Gasteiger partial charge in [-0.1, -0.05) is 18.2 Å². The third-order valence-corrected chi connectivity index (χ3v) is 4.97. The van der Waals surface area contributed by atoms with Crippen molar-refractivity contribution in [1.29, 1.82) is 0 Å². The van der Waals surface area contributed by atoms with Gasteiger partial charge in [-0.3, -0.25) is 4.79 Å². The molecule has 2 aromatic rings. The topological polar surface area (TPSA) is 38.3 Å². The van der Waals surface area contributed by atoms with E-state index >= 15 is 0 Å². The van der Waals surface area contributed by atoms with Crippen LogP contribution in [-0.2, 0) is 22.8 Å². The number of halogens is 3. The van der Waals surface area contributed by atoms with Crippen molar-refractivity contribution in [2.24, 2.45) is 0 Å². The van der Waals surface area contributed by atoms with Crippen molar-refractivity contribution < 1.29 is 22.7 Å². The number of fused-ring (bicyclic) bond motifs is 4. The minimum atomic E-state index is -4.44. The highest BCUT2D eigenvalue weighted by molar-refractivity contribution is 6.10. The quantitative estimate of drug-likeness (QED) is 0.860. The monoisotopic (exact) mass is 333 g/mol. The second-order valence-corrected chi connectivity index (χ2v) is 6.11. The first-order valence-corrected chi connectivity index (χ1v) is 7.57. The summed E-state index contributed by atoms with van der Waals surface area (Å²) < 4.78 is 44.3. The Hall–Kier alpha value is -2.50. The van der Waals surface area contributed by atoms with Crippen molar-refractivity contribution in [1.82, 2.24) is 0 Å². The first kappa shape index (κ1) is 15.1. The molecule has 0 bridgehead atoms. The maximum Gasteiger partial charge on any atom is 0.416 e. The molecule has 0 saturated heterocycles. The molecule has 1 heterocycles. The number of ether oxygens (including phenoxy) is 1. The lowest BCUT2D eigenvalue weighted by Crippen LogP contribution is -2.33. The number of nitrogens with one attached hydrogen (secondary N) is 1. The highest BCUT2D eigenvalue weighted by Gasteiger charge is 2.53. The van der Waals surface area contributed by atoms with Gasteiger partial charge in [-0.15, -0.1) is 0 Å². The minimum Gasteiger partial charge on any atom is -0.496 e. The van der Waals surface area contributed by atoms with Crippen LogP contribution in [0.25, 0.3) is 0 Å². The predicted molar refractivity (Wildman–Crippen MR) is 82.2 cm³/mol. The number of alkyl halides is 3. The highest BCUT2D eigenvalue weighted by Crippen LogP contribution is 2.54. The third kappa shape index (κ3) is 1.82. The lowest BCUT2D eigenvalue weighted by atomic mass is 9.76. The Morgan fingerprint density at radius 1 is 1.21 bits per heavy atom. The van der Waals surface area contributed by atoms with Gasteiger partial charge in [0.05, 0.1) is 12.7 Å². The van der Waals surface area contributed by atoms with Crippen LogP contribution in [0.1, 0.15) is 28.7 Å². The Morgan fingerprint density at radius 2 is 2.00 bits per heavy atom. The predicted octanol–water partition coefficient (Wildman–Crippen LogP) is 3.90. The standard InChI is InChI=1S/C18H14F3NO2/c1-24-14-4-2-3-10-7-8-17(15(10)14)12-6-5-11(18(19,20)21)9-13(12)22-16(17)23/h2-6,9H,7-8H2,1H3,(H,22,23). The van der Waals surface area contributed by atoms with Crippen molar-refractivity contribution >= 4 is 11.6 Å². The summed E-state index contributed by atoms with van der Waals surface area (Å²) in [6.07, 6.45) is -3.24. The van der Waals surface area contributed by atoms with E-state index in [-0.39, 0.29) is 11.6 Å². The van der Waals surface area contributed by atoms with Crippen LogP contribution in [0.3, 0.4) is 0 Å². The molecule has 1 amide bonds. The molecule has 1 aliphatic carbocycles. The molecular formula is C18H14F3NO2. The average molecular weight is 333 g/mol. The van der Waals surface area contributed by atoms with E-state index in [1.165, 1.54) is 13.2 Å². The summed E-state index contributed by atoms with van der Waals surface area (Å²) in [5.41, 5.74) is 0.844. The second-order valence-electron chi connectivity index (χ2n) is 6.11. The molecule has 24 heavy (non-hydrogen) atoms. The van der Waals surface area contributed by atoms with Gasteiger partial charge in [0.1, 0.15) is 11.2 Å². The molecular weight excluding hydrogens is 319 g/mol. The maximum absolute atomic E-state index is 12.9. The van der Waals surface area contributed by atoms with E-state index in [2.05, 4.69) is 5.32 Å². The number of hydrogen-bond donors (Lipinski definition) is 1. The number of anilines is 1. The fourth-order valence-corrected chi connectivity index (χ4v) is 3.93. The summed E-state index contributed by atoms with van der Waals surface area (Å²) in [4.78, 5) is 12.8. The van der Waals surface area contributed by atoms with Crippen molar-refractivity contribution in [2.45, 2.75) is 24.4 Å². The molecule has 1 atom stereocenters. The molecule has 0 saturated carbocycles. The molecule has 6 heteroatoms. The zero-order valence-corrected chi connectivity index (χ0v) is 12.8. The summed E-state index contributed by atoms with van der Waals surface area (Å²) in [5, 5.41) is 2.64. The second kappa shape index (κ2) is 4.75. The van der Waals surface area contributed by atoms with Crippen LogP contribution in [0.15, 0.2) is 36.4 Å². The van der Waals surface area contributed by atoms with E-state index in [1.807, 2.05) is 12.1 Å². The smallest absolute Gasteiger partial charge is 0.416 e. The number of carbonyl (C=O) groups excluding carboxylic acids is 1. The van der Waals surface area contributed by atoms with Gasteiger partial charge in [-0.05, 0) is 42.2 Å². The fourth-order valence-electron chi connectivity index (χ4n) is 3.93. The van der Waals surface area contributed by atoms with Crippen molar-refractivity contribution in [3.05, 3.63) is 58.7 Å². The number of methoxy groups -OCH3 is 1. The number of benzene rings is 2. The molecule has 2 aliphatic rings. The fraction of sp³-hybridized carbons (Fsp3) is 0.278. The Kier molecular flexibility index (Phi) is 2.98. The van der Waals surface area contributed by atoms with E-state index in [1.54, 1.807) is 6.07 Å². The SMILES string of the molecule is COc1cccc2c1C1(CC2)C(=O)Nc2cc(C(F)(F)F)ccc21. The average Bonchev–Trinajstić information content (AvgIpc) is 3.07. The van der Waals surface area contributed by atoms with E-state index in [9.17, 15) is 18.0 Å². The summed E-state index contributed by atoms with van der Waals surface area (Å²) in [5.74, 6) is 0.299. The molecule has 0 aromatic heterocycles. The van der Waals surface area contributed by atoms with Crippen LogP contribution in [0.5, 0.6) is 5.75 Å². The first-order valence-electron chi connectivity index (χ1n) is 7.57. The summed E-state index contributed by atoms with van der Waals surface area (Å²) >= 11 is 0. The van der Waals surface area contributed by atoms with E-state index in [0.29, 0.717) is 24.2 Å². The molecule has 1 spiro atoms. The zero-order valence-electron chi connectivity index (χ0n) is 12.8. The number of amides is 1. The first-order chi connectivity index (χ1) is 11.4. The molecule has 3 nitrogen and oxygen atoms in total. The van der Waals surface area contributed by atoms with Gasteiger partial charge in [-0.25, -0.2) is 0 Å². The summed E-state index contributed by atoms with van der Waals surface area (Å²) in [6, 6.07) is 9.03. The van der Waals surface area contributed by atoms with Crippen LogP contribution < -0.4 is 10.1 Å². The van der Waals surface area contributed by atoms with Gasteiger partial charge in [-0.2, -0.15) is 13.2 Å². The van der Waals surface area contributed by atoms with E-state index in [4.69, 9.17) is 4.74 Å². The molecule has 2 aromatic carbocycles. The Morgan fingerprint density at radius 3 is 2.71 bits per heavy atom. The van der Waals surface area contributed by atoms with Gasteiger partial charge in [0.15, 0.2) is 0 Å². The van der Waals surface area contributed by atoms with E-state index < -0.39 is 17.2 Å². The van der Waals surface area contributed by atoms with Gasteiger partial charge < -0.3 is 10.1 Å². The summed E-state index contributed by atoms with van der Waals surface area (Å²) in [6.45, 7) is 0. The van der Waals surface area contributed by atoms with Gasteiger partial charge in [0, 0.05) is 11.3 Å². The number of aryl methyl sites for hydroxylation is 1. The van der Waals surface area contributed by atoms with Crippen molar-refractivity contribution in [2.75, 3.05) is 12.4 Å². The van der Waals surface area contributed by atoms with Gasteiger partial charge >= 0.3 is 6.18 Å². The molecule has 1 unspecified atom stereocenters. The van der Waals surface area contributed by atoms with Crippen LogP contribution in [0.4, 0.5) is 18.9 Å². The largest absolute Gasteiger partial charge is 0.496 e. The lowest BCUT2D eigenvalue weighted by molar-refractivity contribution is -0.137. The highest BCUT2D eigenvalue weighted by atomic mass is 19.4. The molecule has 1 aliphatic heterocycles. The van der Waals surface area contributed by atoms with Crippen LogP contribution in [-0.4, -0.2) is 13.0 Å². The molecule has 4 rings (SSSR count). The number of hydrogen-bond acceptors (Lipinski definition) is 2. The van der Waals surface area contributed by atoms with Gasteiger partial charge in [0.25, 0.3) is 0 Å². The van der Waals surface area contributed by atoms with Crippen molar-refractivity contribution in [3.8, 4) is 5.75 Å². The molecule has 1 N–H and O–H groups in total. The molecule has 0 fully saturated rings. The molecule has 124 valence electrons. The maximum atomic E-state index is 12.9. The Bertz CT molecular complexity index is 860. The zero-order chi connectivity index (χ0) is 17.1.